The smallest absolute Gasteiger partial charge is 0.213 e. The Morgan fingerprint density at radius 2 is 1.90 bits per heavy atom. The van der Waals surface area contributed by atoms with Crippen LogP contribution < -0.4 is 10.1 Å². The van der Waals surface area contributed by atoms with Gasteiger partial charge in [0.1, 0.15) is 6.61 Å². The molecular formula is C16H20N2O2. The first-order valence-electron chi connectivity index (χ1n) is 6.69. The molecule has 106 valence electrons. The Hall–Kier alpha value is -2.07. The maximum Gasteiger partial charge on any atom is 0.213 e. The quantitative estimate of drug-likeness (QED) is 0.786. The van der Waals surface area contributed by atoms with Gasteiger partial charge in [-0.15, -0.1) is 0 Å². The molecule has 1 aromatic heterocycles. The minimum Gasteiger partial charge on any atom is -0.475 e. The number of benzene rings is 1. The van der Waals surface area contributed by atoms with Gasteiger partial charge < -0.3 is 14.8 Å². The van der Waals surface area contributed by atoms with E-state index in [2.05, 4.69) is 29.4 Å². The molecule has 0 aliphatic rings. The van der Waals surface area contributed by atoms with E-state index in [1.54, 1.807) is 13.3 Å². The van der Waals surface area contributed by atoms with Gasteiger partial charge >= 0.3 is 0 Å². The van der Waals surface area contributed by atoms with Crippen LogP contribution in [0.5, 0.6) is 5.88 Å². The maximum atomic E-state index is 5.43. The standard InChI is InChI=1S/C16H20N2O2/c1-13(14-6-4-3-5-7-14)18-15-8-9-16(17-12-15)20-11-10-19-2/h3-9,12-13,18H,10-11H2,1-2H3. The molecule has 0 spiro atoms. The van der Waals surface area contributed by atoms with Crippen molar-refractivity contribution in [3.05, 3.63) is 54.2 Å². The van der Waals surface area contributed by atoms with Crippen molar-refractivity contribution in [2.24, 2.45) is 0 Å². The highest BCUT2D eigenvalue weighted by molar-refractivity contribution is 5.44. The summed E-state index contributed by atoms with van der Waals surface area (Å²) in [4.78, 5) is 4.26. The number of hydrogen-bond acceptors (Lipinski definition) is 4. The van der Waals surface area contributed by atoms with Crippen LogP contribution in [0.25, 0.3) is 0 Å². The second-order valence-electron chi connectivity index (χ2n) is 4.50. The number of nitrogens with zero attached hydrogens (tertiary/aromatic N) is 1. The molecule has 0 aliphatic heterocycles. The Labute approximate surface area is 119 Å². The Morgan fingerprint density at radius 3 is 2.55 bits per heavy atom. The summed E-state index contributed by atoms with van der Waals surface area (Å²) in [5.41, 5.74) is 2.22. The summed E-state index contributed by atoms with van der Waals surface area (Å²) >= 11 is 0. The van der Waals surface area contributed by atoms with Crippen molar-refractivity contribution in [1.82, 2.24) is 4.98 Å². The molecule has 0 saturated heterocycles. The van der Waals surface area contributed by atoms with Crippen molar-refractivity contribution in [1.29, 1.82) is 0 Å². The monoisotopic (exact) mass is 272 g/mol. The predicted octanol–water partition coefficient (Wildman–Crippen LogP) is 3.28. The molecule has 0 aliphatic carbocycles. The van der Waals surface area contributed by atoms with Crippen molar-refractivity contribution < 1.29 is 9.47 Å². The van der Waals surface area contributed by atoms with Crippen molar-refractivity contribution in [3.63, 3.8) is 0 Å². The van der Waals surface area contributed by atoms with Gasteiger partial charge in [-0.3, -0.25) is 0 Å². The molecule has 4 heteroatoms. The van der Waals surface area contributed by atoms with Gasteiger partial charge in [0, 0.05) is 19.2 Å². The van der Waals surface area contributed by atoms with E-state index in [1.165, 1.54) is 5.56 Å². The fourth-order valence-corrected chi connectivity index (χ4v) is 1.86. The van der Waals surface area contributed by atoms with E-state index in [0.717, 1.165) is 5.69 Å². The number of nitrogens with one attached hydrogen (secondary N) is 1. The van der Waals surface area contributed by atoms with Crippen LogP contribution in [-0.2, 0) is 4.74 Å². The summed E-state index contributed by atoms with van der Waals surface area (Å²) in [6.07, 6.45) is 1.78. The topological polar surface area (TPSA) is 43.4 Å². The molecule has 0 bridgehead atoms. The second-order valence-corrected chi connectivity index (χ2v) is 4.50. The van der Waals surface area contributed by atoms with Crippen molar-refractivity contribution in [2.75, 3.05) is 25.6 Å². The predicted molar refractivity (Wildman–Crippen MR) is 80.1 cm³/mol. The third kappa shape index (κ3) is 4.24. The second kappa shape index (κ2) is 7.50. The van der Waals surface area contributed by atoms with Crippen LogP contribution in [0.2, 0.25) is 0 Å². The Morgan fingerprint density at radius 1 is 1.10 bits per heavy atom. The zero-order valence-corrected chi connectivity index (χ0v) is 11.9. The van der Waals surface area contributed by atoms with E-state index in [4.69, 9.17) is 9.47 Å². The van der Waals surface area contributed by atoms with Crippen LogP contribution >= 0.6 is 0 Å². The average molecular weight is 272 g/mol. The minimum atomic E-state index is 0.234. The maximum absolute atomic E-state index is 5.43. The van der Waals surface area contributed by atoms with Crippen molar-refractivity contribution >= 4 is 5.69 Å². The van der Waals surface area contributed by atoms with Gasteiger partial charge in [0.15, 0.2) is 0 Å². The molecule has 0 radical (unpaired) electrons. The molecule has 1 N–H and O–H groups in total. The molecular weight excluding hydrogens is 252 g/mol. The molecule has 0 saturated carbocycles. The molecule has 1 heterocycles. The van der Waals surface area contributed by atoms with Crippen LogP contribution in [-0.4, -0.2) is 25.3 Å². The minimum absolute atomic E-state index is 0.234. The first-order valence-corrected chi connectivity index (χ1v) is 6.69. The van der Waals surface area contributed by atoms with Crippen LogP contribution in [0.1, 0.15) is 18.5 Å². The molecule has 2 rings (SSSR count). The summed E-state index contributed by atoms with van der Waals surface area (Å²) in [6, 6.07) is 14.4. The van der Waals surface area contributed by atoms with E-state index in [-0.39, 0.29) is 6.04 Å². The van der Waals surface area contributed by atoms with Gasteiger partial charge in [-0.1, -0.05) is 30.3 Å². The van der Waals surface area contributed by atoms with E-state index >= 15 is 0 Å². The number of ether oxygens (including phenoxy) is 2. The summed E-state index contributed by atoms with van der Waals surface area (Å²) < 4.78 is 10.4. The number of rotatable bonds is 7. The number of aromatic nitrogens is 1. The summed E-state index contributed by atoms with van der Waals surface area (Å²) in [6.45, 7) is 3.20. The Kier molecular flexibility index (Phi) is 5.38. The normalized spacial score (nSPS) is 11.9. The lowest BCUT2D eigenvalue weighted by atomic mass is 10.1. The van der Waals surface area contributed by atoms with Crippen molar-refractivity contribution in [3.8, 4) is 5.88 Å². The van der Waals surface area contributed by atoms with E-state index in [0.29, 0.717) is 19.1 Å². The van der Waals surface area contributed by atoms with Crippen LogP contribution in [0.4, 0.5) is 5.69 Å². The van der Waals surface area contributed by atoms with E-state index in [9.17, 15) is 0 Å². The fourth-order valence-electron chi connectivity index (χ4n) is 1.86. The Balaban J connectivity index is 1.90. The molecule has 4 nitrogen and oxygen atoms in total. The number of anilines is 1. The average Bonchev–Trinajstić information content (AvgIpc) is 2.50. The summed E-state index contributed by atoms with van der Waals surface area (Å²) in [7, 11) is 1.65. The van der Waals surface area contributed by atoms with Gasteiger partial charge in [-0.2, -0.15) is 0 Å². The first-order chi connectivity index (χ1) is 9.79. The molecule has 1 aromatic carbocycles. The Bertz CT molecular complexity index is 500. The number of methoxy groups -OCH3 is 1. The lowest BCUT2D eigenvalue weighted by Gasteiger charge is -2.15. The van der Waals surface area contributed by atoms with Crippen LogP contribution in [0.15, 0.2) is 48.7 Å². The lowest BCUT2D eigenvalue weighted by Crippen LogP contribution is -2.08. The van der Waals surface area contributed by atoms with Crippen LogP contribution in [0.3, 0.4) is 0 Å². The van der Waals surface area contributed by atoms with E-state index < -0.39 is 0 Å². The highest BCUT2D eigenvalue weighted by Crippen LogP contribution is 2.19. The third-order valence-corrected chi connectivity index (χ3v) is 2.96. The van der Waals surface area contributed by atoms with Gasteiger partial charge in [0.25, 0.3) is 0 Å². The molecule has 2 aromatic rings. The van der Waals surface area contributed by atoms with Crippen molar-refractivity contribution in [2.45, 2.75) is 13.0 Å². The lowest BCUT2D eigenvalue weighted by molar-refractivity contribution is 0.144. The fraction of sp³-hybridized carbons (Fsp3) is 0.312. The van der Waals surface area contributed by atoms with E-state index in [1.807, 2.05) is 30.3 Å². The molecule has 1 unspecified atom stereocenters. The van der Waals surface area contributed by atoms with Gasteiger partial charge in [-0.05, 0) is 18.6 Å². The number of hydrogen-bond donors (Lipinski definition) is 1. The molecule has 0 amide bonds. The SMILES string of the molecule is COCCOc1ccc(NC(C)c2ccccc2)cn1. The highest BCUT2D eigenvalue weighted by Gasteiger charge is 2.04. The largest absolute Gasteiger partial charge is 0.475 e. The van der Waals surface area contributed by atoms with Gasteiger partial charge in [0.2, 0.25) is 5.88 Å². The van der Waals surface area contributed by atoms with Gasteiger partial charge in [-0.25, -0.2) is 4.98 Å². The molecule has 1 atom stereocenters. The molecule has 0 fully saturated rings. The molecule has 20 heavy (non-hydrogen) atoms. The number of pyridine rings is 1. The zero-order valence-electron chi connectivity index (χ0n) is 11.9. The van der Waals surface area contributed by atoms with Gasteiger partial charge in [0.05, 0.1) is 18.5 Å². The summed E-state index contributed by atoms with van der Waals surface area (Å²) in [5, 5.41) is 3.41. The summed E-state index contributed by atoms with van der Waals surface area (Å²) in [5.74, 6) is 0.611. The first kappa shape index (κ1) is 14.3. The highest BCUT2D eigenvalue weighted by atomic mass is 16.5. The van der Waals surface area contributed by atoms with Crippen LogP contribution in [0, 0.1) is 0 Å². The zero-order chi connectivity index (χ0) is 14.2. The third-order valence-electron chi connectivity index (χ3n) is 2.96.